The minimum absolute atomic E-state index is 0.167. The van der Waals surface area contributed by atoms with E-state index in [0.717, 1.165) is 36.3 Å². The molecule has 1 aliphatic heterocycles. The van der Waals surface area contributed by atoms with Gasteiger partial charge in [-0.05, 0) is 73.7 Å². The first-order valence-corrected chi connectivity index (χ1v) is 8.15. The van der Waals surface area contributed by atoms with Crippen LogP contribution < -0.4 is 10.9 Å². The van der Waals surface area contributed by atoms with Gasteiger partial charge in [0.05, 0.1) is 0 Å². The van der Waals surface area contributed by atoms with Crippen molar-refractivity contribution in [3.8, 4) is 0 Å². The lowest BCUT2D eigenvalue weighted by Crippen LogP contribution is -2.34. The Labute approximate surface area is 125 Å². The Morgan fingerprint density at radius 3 is 2.86 bits per heavy atom. The third-order valence-electron chi connectivity index (χ3n) is 4.90. The number of aromatic nitrogens is 1. The quantitative estimate of drug-likeness (QED) is 0.939. The SMILES string of the molecule is O=c1c2ccc(C3CC3)cc2ccn1CC1CCCNC1. The first kappa shape index (κ1) is 13.1. The molecule has 0 bridgehead atoms. The zero-order chi connectivity index (χ0) is 14.2. The van der Waals surface area contributed by atoms with Gasteiger partial charge in [0.25, 0.3) is 5.56 Å². The average Bonchev–Trinajstić information content (AvgIpc) is 3.36. The van der Waals surface area contributed by atoms with E-state index in [2.05, 4.69) is 23.5 Å². The smallest absolute Gasteiger partial charge is 0.258 e. The predicted octanol–water partition coefficient (Wildman–Crippen LogP) is 2.88. The fourth-order valence-electron chi connectivity index (χ4n) is 3.48. The molecule has 1 aromatic heterocycles. The molecule has 2 heterocycles. The molecule has 2 aromatic rings. The van der Waals surface area contributed by atoms with Gasteiger partial charge in [-0.2, -0.15) is 0 Å². The maximum atomic E-state index is 12.6. The monoisotopic (exact) mass is 282 g/mol. The molecular formula is C18H22N2O. The summed E-state index contributed by atoms with van der Waals surface area (Å²) in [5, 5.41) is 5.39. The summed E-state index contributed by atoms with van der Waals surface area (Å²) in [6, 6.07) is 8.49. The minimum Gasteiger partial charge on any atom is -0.316 e. The number of piperidine rings is 1. The number of benzene rings is 1. The second-order valence-electron chi connectivity index (χ2n) is 6.61. The zero-order valence-corrected chi connectivity index (χ0v) is 12.3. The van der Waals surface area contributed by atoms with Crippen LogP contribution in [0.4, 0.5) is 0 Å². The summed E-state index contributed by atoms with van der Waals surface area (Å²) in [7, 11) is 0. The van der Waals surface area contributed by atoms with Crippen molar-refractivity contribution in [2.24, 2.45) is 5.92 Å². The van der Waals surface area contributed by atoms with Crippen LogP contribution in [0.5, 0.6) is 0 Å². The second kappa shape index (κ2) is 5.30. The molecular weight excluding hydrogens is 260 g/mol. The highest BCUT2D eigenvalue weighted by Gasteiger charge is 2.23. The van der Waals surface area contributed by atoms with Gasteiger partial charge in [0, 0.05) is 18.1 Å². The molecule has 4 rings (SSSR count). The maximum absolute atomic E-state index is 12.6. The minimum atomic E-state index is 0.167. The van der Waals surface area contributed by atoms with Crippen molar-refractivity contribution in [3.63, 3.8) is 0 Å². The van der Waals surface area contributed by atoms with Gasteiger partial charge in [0.15, 0.2) is 0 Å². The van der Waals surface area contributed by atoms with E-state index in [1.54, 1.807) is 0 Å². The van der Waals surface area contributed by atoms with Gasteiger partial charge in [-0.1, -0.05) is 12.1 Å². The van der Waals surface area contributed by atoms with E-state index in [0.29, 0.717) is 5.92 Å². The van der Waals surface area contributed by atoms with Gasteiger partial charge in [0.2, 0.25) is 0 Å². The van der Waals surface area contributed by atoms with Crippen LogP contribution in [0.3, 0.4) is 0 Å². The van der Waals surface area contributed by atoms with Crippen molar-refractivity contribution < 1.29 is 0 Å². The van der Waals surface area contributed by atoms with Gasteiger partial charge in [0.1, 0.15) is 0 Å². The van der Waals surface area contributed by atoms with E-state index in [9.17, 15) is 4.79 Å². The van der Waals surface area contributed by atoms with Crippen LogP contribution in [0.1, 0.15) is 37.2 Å². The maximum Gasteiger partial charge on any atom is 0.258 e. The van der Waals surface area contributed by atoms with E-state index in [-0.39, 0.29) is 5.56 Å². The van der Waals surface area contributed by atoms with Crippen LogP contribution >= 0.6 is 0 Å². The molecule has 2 fully saturated rings. The van der Waals surface area contributed by atoms with Crippen LogP contribution in [-0.2, 0) is 6.54 Å². The molecule has 1 aromatic carbocycles. The molecule has 1 aliphatic carbocycles. The van der Waals surface area contributed by atoms with Crippen LogP contribution in [0, 0.1) is 5.92 Å². The Kier molecular flexibility index (Phi) is 3.30. The summed E-state index contributed by atoms with van der Waals surface area (Å²) < 4.78 is 1.90. The van der Waals surface area contributed by atoms with Gasteiger partial charge in [-0.25, -0.2) is 0 Å². The highest BCUT2D eigenvalue weighted by atomic mass is 16.1. The molecule has 3 heteroatoms. The van der Waals surface area contributed by atoms with Gasteiger partial charge < -0.3 is 9.88 Å². The average molecular weight is 282 g/mol. The first-order chi connectivity index (χ1) is 10.3. The van der Waals surface area contributed by atoms with E-state index in [1.807, 2.05) is 16.8 Å². The normalized spacial score (nSPS) is 22.6. The van der Waals surface area contributed by atoms with E-state index in [1.165, 1.54) is 31.2 Å². The largest absolute Gasteiger partial charge is 0.316 e. The first-order valence-electron chi connectivity index (χ1n) is 8.15. The molecule has 2 aliphatic rings. The van der Waals surface area contributed by atoms with Crippen LogP contribution in [-0.4, -0.2) is 17.7 Å². The summed E-state index contributed by atoms with van der Waals surface area (Å²) in [5.74, 6) is 1.32. The number of nitrogens with zero attached hydrogens (tertiary/aromatic N) is 1. The van der Waals surface area contributed by atoms with Gasteiger partial charge >= 0.3 is 0 Å². The summed E-state index contributed by atoms with van der Waals surface area (Å²) in [6.07, 6.45) is 7.03. The number of fused-ring (bicyclic) bond motifs is 1. The van der Waals surface area contributed by atoms with E-state index in [4.69, 9.17) is 0 Å². The molecule has 1 saturated heterocycles. The number of rotatable bonds is 3. The van der Waals surface area contributed by atoms with Gasteiger partial charge in [-0.15, -0.1) is 0 Å². The van der Waals surface area contributed by atoms with Crippen molar-refractivity contribution in [1.29, 1.82) is 0 Å². The lowest BCUT2D eigenvalue weighted by atomic mass is 9.99. The van der Waals surface area contributed by atoms with E-state index >= 15 is 0 Å². The number of nitrogens with one attached hydrogen (secondary N) is 1. The number of hydrogen-bond donors (Lipinski definition) is 1. The third-order valence-corrected chi connectivity index (χ3v) is 4.90. The molecule has 3 nitrogen and oxygen atoms in total. The lowest BCUT2D eigenvalue weighted by molar-refractivity contribution is 0.334. The Morgan fingerprint density at radius 2 is 2.10 bits per heavy atom. The van der Waals surface area contributed by atoms with Crippen LogP contribution in [0.25, 0.3) is 10.8 Å². The Morgan fingerprint density at radius 1 is 1.19 bits per heavy atom. The molecule has 110 valence electrons. The molecule has 0 radical (unpaired) electrons. The van der Waals surface area contributed by atoms with Crippen molar-refractivity contribution >= 4 is 10.8 Å². The molecule has 0 amide bonds. The van der Waals surface area contributed by atoms with Crippen molar-refractivity contribution in [2.45, 2.75) is 38.1 Å². The number of pyridine rings is 1. The molecule has 1 unspecified atom stereocenters. The van der Waals surface area contributed by atoms with E-state index < -0.39 is 0 Å². The highest BCUT2D eigenvalue weighted by Crippen LogP contribution is 2.40. The Hall–Kier alpha value is -1.61. The summed E-state index contributed by atoms with van der Waals surface area (Å²) in [5.41, 5.74) is 1.57. The number of hydrogen-bond acceptors (Lipinski definition) is 2. The highest BCUT2D eigenvalue weighted by molar-refractivity contribution is 5.82. The Bertz CT molecular complexity index is 709. The second-order valence-corrected chi connectivity index (χ2v) is 6.61. The van der Waals surface area contributed by atoms with Crippen LogP contribution in [0.15, 0.2) is 35.3 Å². The van der Waals surface area contributed by atoms with Crippen molar-refractivity contribution in [2.75, 3.05) is 13.1 Å². The standard InChI is InChI=1S/C18H22N2O/c21-18-17-6-5-15(14-3-4-14)10-16(17)7-9-20(18)12-13-2-1-8-19-11-13/h5-7,9-10,13-14,19H,1-4,8,11-12H2. The summed E-state index contributed by atoms with van der Waals surface area (Å²) in [4.78, 5) is 12.6. The molecule has 1 saturated carbocycles. The Balaban J connectivity index is 1.65. The summed E-state index contributed by atoms with van der Waals surface area (Å²) in [6.45, 7) is 2.99. The zero-order valence-electron chi connectivity index (χ0n) is 12.3. The van der Waals surface area contributed by atoms with Crippen molar-refractivity contribution in [1.82, 2.24) is 9.88 Å². The topological polar surface area (TPSA) is 34.0 Å². The molecule has 0 spiro atoms. The molecule has 1 N–H and O–H groups in total. The van der Waals surface area contributed by atoms with Crippen molar-refractivity contribution in [3.05, 3.63) is 46.4 Å². The fraction of sp³-hybridized carbons (Fsp3) is 0.500. The van der Waals surface area contributed by atoms with Gasteiger partial charge in [-0.3, -0.25) is 4.79 Å². The summed E-state index contributed by atoms with van der Waals surface area (Å²) >= 11 is 0. The third kappa shape index (κ3) is 2.62. The molecule has 21 heavy (non-hydrogen) atoms. The fourth-order valence-corrected chi connectivity index (χ4v) is 3.48. The lowest BCUT2D eigenvalue weighted by Gasteiger charge is -2.23. The molecule has 1 atom stereocenters. The van der Waals surface area contributed by atoms with Crippen LogP contribution in [0.2, 0.25) is 0 Å². The predicted molar refractivity (Wildman–Crippen MR) is 85.8 cm³/mol.